The van der Waals surface area contributed by atoms with Gasteiger partial charge in [0.05, 0.1) is 11.5 Å². The Bertz CT molecular complexity index is 277. The molecular weight excluding hydrogens is 251 g/mol. The summed E-state index contributed by atoms with van der Waals surface area (Å²) < 4.78 is 1.17. The molecule has 0 bridgehead atoms. The van der Waals surface area contributed by atoms with Crippen molar-refractivity contribution >= 4 is 34.1 Å². The summed E-state index contributed by atoms with van der Waals surface area (Å²) in [6.45, 7) is 1.78. The standard InChI is InChI=1S/C8H9IN2/c1-6(10)11-8-4-2-3-7(9)5-8/h2-5H,1H3,(H2,10,11). The van der Waals surface area contributed by atoms with Crippen molar-refractivity contribution in [3.63, 3.8) is 0 Å². The molecule has 0 saturated carbocycles. The van der Waals surface area contributed by atoms with Crippen LogP contribution in [0.25, 0.3) is 0 Å². The van der Waals surface area contributed by atoms with E-state index in [1.165, 1.54) is 3.57 Å². The zero-order valence-electron chi connectivity index (χ0n) is 6.21. The Morgan fingerprint density at radius 1 is 1.55 bits per heavy atom. The third-order valence-electron chi connectivity index (χ3n) is 1.11. The van der Waals surface area contributed by atoms with Gasteiger partial charge in [-0.15, -0.1) is 0 Å². The average molecular weight is 260 g/mol. The van der Waals surface area contributed by atoms with E-state index in [4.69, 9.17) is 5.73 Å². The van der Waals surface area contributed by atoms with Crippen molar-refractivity contribution in [2.24, 2.45) is 10.7 Å². The molecule has 0 aromatic heterocycles. The van der Waals surface area contributed by atoms with Crippen molar-refractivity contribution in [2.75, 3.05) is 0 Å². The van der Waals surface area contributed by atoms with Gasteiger partial charge in [-0.05, 0) is 47.7 Å². The van der Waals surface area contributed by atoms with Gasteiger partial charge in [0, 0.05) is 3.57 Å². The van der Waals surface area contributed by atoms with Gasteiger partial charge in [0.2, 0.25) is 0 Å². The van der Waals surface area contributed by atoms with Crippen molar-refractivity contribution in [3.05, 3.63) is 27.8 Å². The smallest absolute Gasteiger partial charge is 0.0964 e. The molecule has 0 unspecified atom stereocenters. The lowest BCUT2D eigenvalue weighted by atomic mass is 10.3. The summed E-state index contributed by atoms with van der Waals surface area (Å²) in [5, 5.41) is 0. The number of benzene rings is 1. The van der Waals surface area contributed by atoms with Crippen molar-refractivity contribution in [2.45, 2.75) is 6.92 Å². The number of hydrogen-bond acceptors (Lipinski definition) is 1. The molecule has 0 atom stereocenters. The Hall–Kier alpha value is -0.580. The maximum atomic E-state index is 5.42. The Morgan fingerprint density at radius 2 is 2.27 bits per heavy atom. The Balaban J connectivity index is 2.97. The molecular formula is C8H9IN2. The zero-order chi connectivity index (χ0) is 8.27. The molecule has 1 aromatic rings. The first-order valence-corrected chi connectivity index (χ1v) is 4.32. The highest BCUT2D eigenvalue weighted by molar-refractivity contribution is 14.1. The lowest BCUT2D eigenvalue weighted by Crippen LogP contribution is -2.03. The molecule has 1 aromatic carbocycles. The van der Waals surface area contributed by atoms with E-state index in [2.05, 4.69) is 27.6 Å². The maximum Gasteiger partial charge on any atom is 0.0964 e. The molecule has 11 heavy (non-hydrogen) atoms. The molecule has 0 aliphatic heterocycles. The molecule has 0 spiro atoms. The van der Waals surface area contributed by atoms with Crippen LogP contribution in [0.1, 0.15) is 6.92 Å². The summed E-state index contributed by atoms with van der Waals surface area (Å²) in [6.07, 6.45) is 0. The largest absolute Gasteiger partial charge is 0.387 e. The van der Waals surface area contributed by atoms with Gasteiger partial charge in [-0.25, -0.2) is 4.99 Å². The van der Waals surface area contributed by atoms with Crippen LogP contribution < -0.4 is 5.73 Å². The van der Waals surface area contributed by atoms with Crippen LogP contribution in [0.3, 0.4) is 0 Å². The lowest BCUT2D eigenvalue weighted by molar-refractivity contribution is 1.44. The second kappa shape index (κ2) is 3.71. The van der Waals surface area contributed by atoms with Crippen molar-refractivity contribution in [3.8, 4) is 0 Å². The van der Waals surface area contributed by atoms with Gasteiger partial charge < -0.3 is 5.73 Å². The normalized spacial score (nSPS) is 11.6. The van der Waals surface area contributed by atoms with Gasteiger partial charge in [-0.1, -0.05) is 6.07 Å². The zero-order valence-corrected chi connectivity index (χ0v) is 8.37. The van der Waals surface area contributed by atoms with Crippen LogP contribution in [0.2, 0.25) is 0 Å². The molecule has 0 radical (unpaired) electrons. The highest BCUT2D eigenvalue weighted by Crippen LogP contribution is 2.14. The fourth-order valence-electron chi connectivity index (χ4n) is 0.749. The van der Waals surface area contributed by atoms with Crippen LogP contribution in [-0.4, -0.2) is 5.84 Å². The van der Waals surface area contributed by atoms with Crippen molar-refractivity contribution < 1.29 is 0 Å². The first kappa shape index (κ1) is 8.52. The maximum absolute atomic E-state index is 5.42. The fourth-order valence-corrected chi connectivity index (χ4v) is 1.28. The van der Waals surface area contributed by atoms with E-state index >= 15 is 0 Å². The van der Waals surface area contributed by atoms with Gasteiger partial charge in [0.25, 0.3) is 0 Å². The van der Waals surface area contributed by atoms with Gasteiger partial charge >= 0.3 is 0 Å². The highest BCUT2D eigenvalue weighted by atomic mass is 127. The number of halogens is 1. The van der Waals surface area contributed by atoms with Crippen LogP contribution in [0.15, 0.2) is 29.3 Å². The molecule has 58 valence electrons. The summed E-state index contributed by atoms with van der Waals surface area (Å²) in [5.41, 5.74) is 6.34. The average Bonchev–Trinajstić information content (AvgIpc) is 1.85. The molecule has 0 heterocycles. The molecule has 0 aliphatic rings. The number of nitrogens with two attached hydrogens (primary N) is 1. The molecule has 3 heteroatoms. The monoisotopic (exact) mass is 260 g/mol. The molecule has 2 N–H and O–H groups in total. The second-order valence-corrected chi connectivity index (χ2v) is 3.48. The van der Waals surface area contributed by atoms with E-state index in [1.807, 2.05) is 24.3 Å². The van der Waals surface area contributed by atoms with Crippen LogP contribution in [0.4, 0.5) is 5.69 Å². The third kappa shape index (κ3) is 2.88. The summed E-state index contributed by atoms with van der Waals surface area (Å²) in [7, 11) is 0. The van der Waals surface area contributed by atoms with E-state index in [0.717, 1.165) is 5.69 Å². The first-order valence-electron chi connectivity index (χ1n) is 3.25. The first-order chi connectivity index (χ1) is 5.18. The van der Waals surface area contributed by atoms with E-state index in [1.54, 1.807) is 6.92 Å². The second-order valence-electron chi connectivity index (χ2n) is 2.23. The Morgan fingerprint density at radius 3 is 2.82 bits per heavy atom. The van der Waals surface area contributed by atoms with Crippen molar-refractivity contribution in [1.82, 2.24) is 0 Å². The predicted octanol–water partition coefficient (Wildman–Crippen LogP) is 2.30. The molecule has 0 saturated heterocycles. The van der Waals surface area contributed by atoms with E-state index in [9.17, 15) is 0 Å². The minimum atomic E-state index is 0.590. The number of hydrogen-bond donors (Lipinski definition) is 1. The molecule has 0 fully saturated rings. The van der Waals surface area contributed by atoms with Gasteiger partial charge in [0.1, 0.15) is 0 Å². The molecule has 1 rings (SSSR count). The van der Waals surface area contributed by atoms with Gasteiger partial charge in [-0.2, -0.15) is 0 Å². The SMILES string of the molecule is CC(N)=Nc1cccc(I)c1. The van der Waals surface area contributed by atoms with E-state index in [-0.39, 0.29) is 0 Å². The molecule has 0 aliphatic carbocycles. The topological polar surface area (TPSA) is 38.4 Å². The molecule has 0 amide bonds. The van der Waals surface area contributed by atoms with Crippen molar-refractivity contribution in [1.29, 1.82) is 0 Å². The predicted molar refractivity (Wildman–Crippen MR) is 56.1 cm³/mol. The van der Waals surface area contributed by atoms with Crippen LogP contribution in [0.5, 0.6) is 0 Å². The minimum Gasteiger partial charge on any atom is -0.387 e. The summed E-state index contributed by atoms with van der Waals surface area (Å²) in [6, 6.07) is 7.89. The van der Waals surface area contributed by atoms with E-state index in [0.29, 0.717) is 5.84 Å². The van der Waals surface area contributed by atoms with Gasteiger partial charge in [-0.3, -0.25) is 0 Å². The number of nitrogens with zero attached hydrogens (tertiary/aromatic N) is 1. The van der Waals surface area contributed by atoms with Gasteiger partial charge in [0.15, 0.2) is 0 Å². The Kier molecular flexibility index (Phi) is 2.87. The molecule has 2 nitrogen and oxygen atoms in total. The number of aliphatic imine (C=N–C) groups is 1. The van der Waals surface area contributed by atoms with Crippen LogP contribution >= 0.6 is 22.6 Å². The number of amidine groups is 1. The fraction of sp³-hybridized carbons (Fsp3) is 0.125. The number of rotatable bonds is 1. The summed E-state index contributed by atoms with van der Waals surface area (Å²) in [4.78, 5) is 4.11. The van der Waals surface area contributed by atoms with Crippen LogP contribution in [-0.2, 0) is 0 Å². The third-order valence-corrected chi connectivity index (χ3v) is 1.78. The van der Waals surface area contributed by atoms with Crippen LogP contribution in [0, 0.1) is 3.57 Å². The summed E-state index contributed by atoms with van der Waals surface area (Å²) >= 11 is 2.24. The highest BCUT2D eigenvalue weighted by Gasteiger charge is 1.89. The summed E-state index contributed by atoms with van der Waals surface area (Å²) in [5.74, 6) is 0.590. The Labute approximate surface area is 79.7 Å². The quantitative estimate of drug-likeness (QED) is 0.469. The van der Waals surface area contributed by atoms with E-state index < -0.39 is 0 Å². The minimum absolute atomic E-state index is 0.590. The lowest BCUT2D eigenvalue weighted by Gasteiger charge is -1.94.